The second-order valence-corrected chi connectivity index (χ2v) is 4.75. The van der Waals surface area contributed by atoms with Crippen molar-refractivity contribution in [1.29, 1.82) is 0 Å². The molecular weight excluding hydrogens is 248 g/mol. The Bertz CT molecular complexity index is 741. The standard InChI is InChI=1S/C17H16N2O/c1-2-12-7-9-13(10-8-12)17(20)19-16-11-18-15-6-4-3-5-14(15)16/h3-11,18H,2H2,1H3,(H,19,20). The summed E-state index contributed by atoms with van der Waals surface area (Å²) < 4.78 is 0. The topological polar surface area (TPSA) is 44.9 Å². The van der Waals surface area contributed by atoms with E-state index in [1.165, 1.54) is 5.56 Å². The molecule has 2 aromatic carbocycles. The summed E-state index contributed by atoms with van der Waals surface area (Å²) in [6, 6.07) is 15.6. The molecule has 0 fully saturated rings. The second-order valence-electron chi connectivity index (χ2n) is 4.75. The van der Waals surface area contributed by atoms with E-state index in [4.69, 9.17) is 0 Å². The van der Waals surface area contributed by atoms with Gasteiger partial charge in [-0.15, -0.1) is 0 Å². The predicted molar refractivity (Wildman–Crippen MR) is 82.1 cm³/mol. The van der Waals surface area contributed by atoms with Gasteiger partial charge in [-0.2, -0.15) is 0 Å². The van der Waals surface area contributed by atoms with Crippen LogP contribution in [0.1, 0.15) is 22.8 Å². The number of hydrogen-bond acceptors (Lipinski definition) is 1. The maximum Gasteiger partial charge on any atom is 0.255 e. The number of rotatable bonds is 3. The Labute approximate surface area is 117 Å². The number of carbonyl (C=O) groups is 1. The van der Waals surface area contributed by atoms with Crippen LogP contribution in [0.4, 0.5) is 5.69 Å². The van der Waals surface area contributed by atoms with Crippen LogP contribution in [0.3, 0.4) is 0 Å². The van der Waals surface area contributed by atoms with E-state index < -0.39 is 0 Å². The van der Waals surface area contributed by atoms with E-state index in [9.17, 15) is 4.79 Å². The zero-order valence-corrected chi connectivity index (χ0v) is 11.3. The van der Waals surface area contributed by atoms with Crippen molar-refractivity contribution in [2.75, 3.05) is 5.32 Å². The summed E-state index contributed by atoms with van der Waals surface area (Å²) in [5.74, 6) is -0.0857. The first-order chi connectivity index (χ1) is 9.78. The molecule has 3 aromatic rings. The molecule has 0 bridgehead atoms. The summed E-state index contributed by atoms with van der Waals surface area (Å²) in [6.45, 7) is 2.10. The first kappa shape index (κ1) is 12.5. The third kappa shape index (κ3) is 2.30. The van der Waals surface area contributed by atoms with Crippen LogP contribution in [-0.4, -0.2) is 10.9 Å². The highest BCUT2D eigenvalue weighted by molar-refractivity contribution is 6.08. The average Bonchev–Trinajstić information content (AvgIpc) is 2.91. The molecule has 0 radical (unpaired) electrons. The minimum atomic E-state index is -0.0857. The first-order valence-electron chi connectivity index (χ1n) is 6.74. The van der Waals surface area contributed by atoms with Crippen molar-refractivity contribution in [2.45, 2.75) is 13.3 Å². The van der Waals surface area contributed by atoms with Gasteiger partial charge in [0.15, 0.2) is 0 Å². The molecule has 0 aliphatic heterocycles. The SMILES string of the molecule is CCc1ccc(C(=O)Nc2c[nH]c3ccccc23)cc1. The molecule has 20 heavy (non-hydrogen) atoms. The van der Waals surface area contributed by atoms with Gasteiger partial charge in [-0.1, -0.05) is 37.3 Å². The highest BCUT2D eigenvalue weighted by Gasteiger charge is 2.09. The minimum absolute atomic E-state index is 0.0857. The number of nitrogens with one attached hydrogen (secondary N) is 2. The van der Waals surface area contributed by atoms with E-state index in [0.717, 1.165) is 23.0 Å². The lowest BCUT2D eigenvalue weighted by molar-refractivity contribution is 0.102. The molecule has 0 spiro atoms. The van der Waals surface area contributed by atoms with Crippen LogP contribution in [0.5, 0.6) is 0 Å². The number of aryl methyl sites for hydroxylation is 1. The molecule has 3 rings (SSSR count). The summed E-state index contributed by atoms with van der Waals surface area (Å²) in [6.07, 6.45) is 2.80. The predicted octanol–water partition coefficient (Wildman–Crippen LogP) is 3.98. The number of fused-ring (bicyclic) bond motifs is 1. The van der Waals surface area contributed by atoms with Crippen LogP contribution >= 0.6 is 0 Å². The molecule has 100 valence electrons. The number of benzene rings is 2. The van der Waals surface area contributed by atoms with Crippen LogP contribution in [0.2, 0.25) is 0 Å². The van der Waals surface area contributed by atoms with Gasteiger partial charge in [-0.05, 0) is 30.2 Å². The number of aromatic nitrogens is 1. The Morgan fingerprint density at radius 1 is 1.10 bits per heavy atom. The van der Waals surface area contributed by atoms with Crippen molar-refractivity contribution >= 4 is 22.5 Å². The summed E-state index contributed by atoms with van der Waals surface area (Å²) in [5.41, 5.74) is 3.73. The molecule has 0 saturated carbocycles. The van der Waals surface area contributed by atoms with Gasteiger partial charge >= 0.3 is 0 Å². The lowest BCUT2D eigenvalue weighted by Crippen LogP contribution is -2.11. The Hall–Kier alpha value is -2.55. The Balaban J connectivity index is 1.84. The lowest BCUT2D eigenvalue weighted by atomic mass is 10.1. The zero-order chi connectivity index (χ0) is 13.9. The van der Waals surface area contributed by atoms with Crippen LogP contribution in [0, 0.1) is 0 Å². The van der Waals surface area contributed by atoms with Crippen LogP contribution in [0.25, 0.3) is 10.9 Å². The van der Waals surface area contributed by atoms with Gasteiger partial charge < -0.3 is 10.3 Å². The molecule has 1 amide bonds. The summed E-state index contributed by atoms with van der Waals surface area (Å²) >= 11 is 0. The number of carbonyl (C=O) groups excluding carboxylic acids is 1. The fourth-order valence-electron chi connectivity index (χ4n) is 2.26. The number of hydrogen-bond donors (Lipinski definition) is 2. The summed E-state index contributed by atoms with van der Waals surface area (Å²) in [5, 5.41) is 3.97. The number of aromatic amines is 1. The van der Waals surface area contributed by atoms with Gasteiger partial charge in [-0.3, -0.25) is 4.79 Å². The molecular formula is C17H16N2O. The van der Waals surface area contributed by atoms with E-state index >= 15 is 0 Å². The molecule has 0 aliphatic rings. The highest BCUT2D eigenvalue weighted by atomic mass is 16.1. The van der Waals surface area contributed by atoms with Crippen molar-refractivity contribution in [3.8, 4) is 0 Å². The van der Waals surface area contributed by atoms with E-state index in [-0.39, 0.29) is 5.91 Å². The summed E-state index contributed by atoms with van der Waals surface area (Å²) in [7, 11) is 0. The van der Waals surface area contributed by atoms with Gasteiger partial charge in [0.25, 0.3) is 5.91 Å². The minimum Gasteiger partial charge on any atom is -0.359 e. The Morgan fingerprint density at radius 2 is 1.85 bits per heavy atom. The van der Waals surface area contributed by atoms with Gasteiger partial charge in [0.1, 0.15) is 0 Å². The van der Waals surface area contributed by atoms with Gasteiger partial charge in [0.05, 0.1) is 5.69 Å². The first-order valence-corrected chi connectivity index (χ1v) is 6.74. The molecule has 3 nitrogen and oxygen atoms in total. The van der Waals surface area contributed by atoms with Crippen molar-refractivity contribution in [1.82, 2.24) is 4.98 Å². The molecule has 0 aliphatic carbocycles. The largest absolute Gasteiger partial charge is 0.359 e. The number of anilines is 1. The third-order valence-electron chi connectivity index (χ3n) is 3.46. The summed E-state index contributed by atoms with van der Waals surface area (Å²) in [4.78, 5) is 15.4. The fraction of sp³-hybridized carbons (Fsp3) is 0.118. The van der Waals surface area contributed by atoms with Crippen molar-refractivity contribution in [3.05, 3.63) is 65.9 Å². The van der Waals surface area contributed by atoms with Gasteiger partial charge in [0, 0.05) is 22.7 Å². The van der Waals surface area contributed by atoms with E-state index in [0.29, 0.717) is 5.56 Å². The maximum absolute atomic E-state index is 12.2. The van der Waals surface area contributed by atoms with Crippen molar-refractivity contribution in [3.63, 3.8) is 0 Å². The molecule has 0 unspecified atom stereocenters. The Morgan fingerprint density at radius 3 is 2.60 bits per heavy atom. The lowest BCUT2D eigenvalue weighted by Gasteiger charge is -2.04. The molecule has 0 atom stereocenters. The molecule has 3 heteroatoms. The van der Waals surface area contributed by atoms with E-state index in [1.54, 1.807) is 0 Å². The van der Waals surface area contributed by atoms with E-state index in [1.807, 2.05) is 54.7 Å². The van der Waals surface area contributed by atoms with Crippen LogP contribution in [-0.2, 0) is 6.42 Å². The normalized spacial score (nSPS) is 10.7. The van der Waals surface area contributed by atoms with Crippen LogP contribution in [0.15, 0.2) is 54.7 Å². The monoisotopic (exact) mass is 264 g/mol. The number of H-pyrrole nitrogens is 1. The molecule has 1 aromatic heterocycles. The zero-order valence-electron chi connectivity index (χ0n) is 11.3. The van der Waals surface area contributed by atoms with Gasteiger partial charge in [0.2, 0.25) is 0 Å². The molecule has 1 heterocycles. The van der Waals surface area contributed by atoms with Crippen LogP contribution < -0.4 is 5.32 Å². The third-order valence-corrected chi connectivity index (χ3v) is 3.46. The highest BCUT2D eigenvalue weighted by Crippen LogP contribution is 2.23. The fourth-order valence-corrected chi connectivity index (χ4v) is 2.26. The van der Waals surface area contributed by atoms with Gasteiger partial charge in [-0.25, -0.2) is 0 Å². The smallest absolute Gasteiger partial charge is 0.255 e. The van der Waals surface area contributed by atoms with E-state index in [2.05, 4.69) is 17.2 Å². The van der Waals surface area contributed by atoms with Crippen molar-refractivity contribution < 1.29 is 4.79 Å². The number of amides is 1. The molecule has 0 saturated heterocycles. The second kappa shape index (κ2) is 5.21. The molecule has 2 N–H and O–H groups in total. The average molecular weight is 264 g/mol. The quantitative estimate of drug-likeness (QED) is 0.738. The van der Waals surface area contributed by atoms with Crippen molar-refractivity contribution in [2.24, 2.45) is 0 Å². The Kier molecular flexibility index (Phi) is 3.25. The number of para-hydroxylation sites is 1. The maximum atomic E-state index is 12.2.